The highest BCUT2D eigenvalue weighted by Gasteiger charge is 2.27. The van der Waals surface area contributed by atoms with Crippen LogP contribution < -0.4 is 21.1 Å². The highest BCUT2D eigenvalue weighted by Crippen LogP contribution is 2.29. The fourth-order valence-electron chi connectivity index (χ4n) is 3.74. The lowest BCUT2D eigenvalue weighted by Crippen LogP contribution is -2.40. The molecular weight excluding hydrogens is 466 g/mol. The smallest absolute Gasteiger partial charge is 0.273 e. The molecule has 3 aromatic rings. The molecule has 0 bridgehead atoms. The number of rotatable bonds is 7. The summed E-state index contributed by atoms with van der Waals surface area (Å²) < 4.78 is 28.2. The third kappa shape index (κ3) is 5.22. The Kier molecular flexibility index (Phi) is 7.15. The van der Waals surface area contributed by atoms with Crippen molar-refractivity contribution in [2.75, 3.05) is 29.9 Å². The predicted octanol–water partition coefficient (Wildman–Crippen LogP) is 2.51. The van der Waals surface area contributed by atoms with Crippen LogP contribution in [0.25, 0.3) is 10.3 Å². The first kappa shape index (κ1) is 23.7. The van der Waals surface area contributed by atoms with Gasteiger partial charge in [-0.2, -0.15) is 4.98 Å². The van der Waals surface area contributed by atoms with Crippen LogP contribution in [-0.4, -0.2) is 46.0 Å². The van der Waals surface area contributed by atoms with Crippen molar-refractivity contribution in [3.63, 3.8) is 0 Å². The van der Waals surface area contributed by atoms with Gasteiger partial charge in [-0.05, 0) is 31.4 Å². The van der Waals surface area contributed by atoms with Crippen LogP contribution in [0.2, 0.25) is 0 Å². The van der Waals surface area contributed by atoms with Crippen LogP contribution in [0.1, 0.15) is 26.2 Å². The number of benzene rings is 1. The van der Waals surface area contributed by atoms with Crippen molar-refractivity contribution in [1.29, 1.82) is 0 Å². The monoisotopic (exact) mass is 490 g/mol. The van der Waals surface area contributed by atoms with E-state index in [4.69, 9.17) is 0 Å². The van der Waals surface area contributed by atoms with Gasteiger partial charge in [0.25, 0.3) is 5.56 Å². The third-order valence-corrected chi connectivity index (χ3v) is 6.67. The third-order valence-electron chi connectivity index (χ3n) is 5.58. The Morgan fingerprint density at radius 2 is 2.00 bits per heavy atom. The van der Waals surface area contributed by atoms with Gasteiger partial charge in [0, 0.05) is 31.6 Å². The molecule has 2 N–H and O–H groups in total. The molecule has 1 saturated heterocycles. The topological polar surface area (TPSA) is 109 Å². The number of carbonyl (C=O) groups is 2. The summed E-state index contributed by atoms with van der Waals surface area (Å²) in [5.74, 6) is -2.27. The second-order valence-corrected chi connectivity index (χ2v) is 9.03. The number of amides is 2. The number of anilines is 2. The zero-order valence-corrected chi connectivity index (χ0v) is 19.3. The molecule has 0 atom stereocenters. The van der Waals surface area contributed by atoms with Gasteiger partial charge in [-0.1, -0.05) is 18.3 Å². The van der Waals surface area contributed by atoms with Gasteiger partial charge in [0.2, 0.25) is 11.8 Å². The molecule has 1 aliphatic heterocycles. The molecule has 0 aliphatic carbocycles. The van der Waals surface area contributed by atoms with Crippen molar-refractivity contribution in [2.45, 2.75) is 32.7 Å². The maximum atomic E-state index is 13.8. The number of aromatic nitrogens is 3. The summed E-state index contributed by atoms with van der Waals surface area (Å²) in [5.41, 5.74) is -0.327. The SMILES string of the molecule is CCCNC(=O)C1CCN(c2nc3ncn(CC(=O)Nc4ccc(F)cc4F)c(=O)c3s2)CC1. The quantitative estimate of drug-likeness (QED) is 0.527. The molecule has 1 aliphatic rings. The minimum Gasteiger partial charge on any atom is -0.356 e. The van der Waals surface area contributed by atoms with Gasteiger partial charge in [0.1, 0.15) is 29.2 Å². The molecule has 2 aromatic heterocycles. The molecular formula is C22H24F2N6O3S. The van der Waals surface area contributed by atoms with E-state index in [0.717, 1.165) is 23.1 Å². The van der Waals surface area contributed by atoms with E-state index in [9.17, 15) is 23.2 Å². The Balaban J connectivity index is 1.43. The molecule has 1 aromatic carbocycles. The summed E-state index contributed by atoms with van der Waals surface area (Å²) in [4.78, 5) is 48.1. The minimum absolute atomic E-state index is 0.0306. The molecule has 34 heavy (non-hydrogen) atoms. The van der Waals surface area contributed by atoms with Crippen LogP contribution in [0.5, 0.6) is 0 Å². The van der Waals surface area contributed by atoms with Gasteiger partial charge in [0.15, 0.2) is 10.8 Å². The first-order valence-corrected chi connectivity index (χ1v) is 11.8. The number of fused-ring (bicyclic) bond motifs is 1. The van der Waals surface area contributed by atoms with Crippen molar-refractivity contribution >= 4 is 44.3 Å². The maximum absolute atomic E-state index is 13.8. The molecule has 1 fully saturated rings. The van der Waals surface area contributed by atoms with E-state index in [0.29, 0.717) is 48.4 Å². The molecule has 4 rings (SSSR count). The number of halogens is 2. The van der Waals surface area contributed by atoms with Crippen LogP contribution in [0.3, 0.4) is 0 Å². The predicted molar refractivity (Wildman–Crippen MR) is 125 cm³/mol. The van der Waals surface area contributed by atoms with Crippen molar-refractivity contribution in [3.8, 4) is 0 Å². The average Bonchev–Trinajstić information content (AvgIpc) is 3.26. The normalized spacial score (nSPS) is 14.4. The molecule has 0 radical (unpaired) electrons. The van der Waals surface area contributed by atoms with Gasteiger partial charge in [-0.3, -0.25) is 19.0 Å². The summed E-state index contributed by atoms with van der Waals surface area (Å²) in [6, 6.07) is 2.80. The van der Waals surface area contributed by atoms with Crippen LogP contribution in [0.4, 0.5) is 19.6 Å². The lowest BCUT2D eigenvalue weighted by atomic mass is 9.96. The Labute approximate surface area is 197 Å². The second kappa shape index (κ2) is 10.2. The van der Waals surface area contributed by atoms with E-state index in [2.05, 4.69) is 20.6 Å². The van der Waals surface area contributed by atoms with E-state index in [1.807, 2.05) is 11.8 Å². The summed E-state index contributed by atoms with van der Waals surface area (Å²) in [5, 5.41) is 5.90. The number of hydrogen-bond acceptors (Lipinski definition) is 7. The molecule has 0 saturated carbocycles. The number of hydrogen-bond donors (Lipinski definition) is 2. The van der Waals surface area contributed by atoms with Crippen LogP contribution >= 0.6 is 11.3 Å². The fourth-order valence-corrected chi connectivity index (χ4v) is 4.76. The molecule has 0 spiro atoms. The van der Waals surface area contributed by atoms with E-state index in [-0.39, 0.29) is 29.7 Å². The highest BCUT2D eigenvalue weighted by molar-refractivity contribution is 7.22. The van der Waals surface area contributed by atoms with E-state index in [1.54, 1.807) is 0 Å². The van der Waals surface area contributed by atoms with E-state index in [1.165, 1.54) is 17.7 Å². The second-order valence-electron chi connectivity index (χ2n) is 8.05. The van der Waals surface area contributed by atoms with Gasteiger partial charge in [-0.15, -0.1) is 0 Å². The number of piperidine rings is 1. The van der Waals surface area contributed by atoms with E-state index >= 15 is 0 Å². The Hall–Kier alpha value is -3.41. The molecule has 0 unspecified atom stereocenters. The first-order valence-electron chi connectivity index (χ1n) is 11.0. The van der Waals surface area contributed by atoms with Gasteiger partial charge >= 0.3 is 0 Å². The first-order chi connectivity index (χ1) is 16.4. The van der Waals surface area contributed by atoms with Crippen LogP contribution in [0.15, 0.2) is 29.3 Å². The average molecular weight is 491 g/mol. The standard InChI is InChI=1S/C22H24F2N6O3S/c1-2-7-25-20(32)13-5-8-29(9-6-13)22-28-19-18(34-22)21(33)30(12-26-19)11-17(31)27-16-4-3-14(23)10-15(16)24/h3-4,10,12-13H,2,5-9,11H2,1H3,(H,25,32)(H,27,31). The zero-order chi connectivity index (χ0) is 24.2. The van der Waals surface area contributed by atoms with Gasteiger partial charge < -0.3 is 15.5 Å². The lowest BCUT2D eigenvalue weighted by Gasteiger charge is -2.30. The Morgan fingerprint density at radius 1 is 1.24 bits per heavy atom. The zero-order valence-electron chi connectivity index (χ0n) is 18.5. The van der Waals surface area contributed by atoms with Gasteiger partial charge in [-0.25, -0.2) is 13.8 Å². The van der Waals surface area contributed by atoms with Crippen molar-refractivity contribution in [2.24, 2.45) is 5.92 Å². The Morgan fingerprint density at radius 3 is 2.71 bits per heavy atom. The number of thiazole rings is 1. The number of nitrogens with one attached hydrogen (secondary N) is 2. The Bertz CT molecular complexity index is 1270. The fraction of sp³-hybridized carbons (Fsp3) is 0.409. The number of nitrogens with zero attached hydrogens (tertiary/aromatic N) is 4. The summed E-state index contributed by atoms with van der Waals surface area (Å²) in [6.07, 6.45) is 3.51. The molecule has 3 heterocycles. The van der Waals surface area contributed by atoms with Crippen LogP contribution in [0, 0.1) is 17.6 Å². The van der Waals surface area contributed by atoms with Crippen molar-refractivity contribution < 1.29 is 18.4 Å². The molecule has 2 amide bonds. The molecule has 180 valence electrons. The summed E-state index contributed by atoms with van der Waals surface area (Å²) in [7, 11) is 0. The van der Waals surface area contributed by atoms with Crippen LogP contribution in [-0.2, 0) is 16.1 Å². The van der Waals surface area contributed by atoms with Crippen molar-refractivity contribution in [1.82, 2.24) is 19.9 Å². The summed E-state index contributed by atoms with van der Waals surface area (Å²) >= 11 is 1.19. The number of carbonyl (C=O) groups excluding carboxylic acids is 2. The molecule has 9 nitrogen and oxygen atoms in total. The molecule has 12 heteroatoms. The van der Waals surface area contributed by atoms with Crippen molar-refractivity contribution in [3.05, 3.63) is 46.5 Å². The largest absolute Gasteiger partial charge is 0.356 e. The van der Waals surface area contributed by atoms with E-state index < -0.39 is 23.1 Å². The summed E-state index contributed by atoms with van der Waals surface area (Å²) in [6.45, 7) is 3.58. The maximum Gasteiger partial charge on any atom is 0.273 e. The minimum atomic E-state index is -0.909. The highest BCUT2D eigenvalue weighted by atomic mass is 32.1. The lowest BCUT2D eigenvalue weighted by molar-refractivity contribution is -0.125. The van der Waals surface area contributed by atoms with Gasteiger partial charge in [0.05, 0.1) is 5.69 Å².